The van der Waals surface area contributed by atoms with Crippen molar-refractivity contribution in [3.63, 3.8) is 0 Å². The van der Waals surface area contributed by atoms with Gasteiger partial charge in [-0.05, 0) is 12.8 Å². The molecule has 0 aromatic rings. The molecule has 0 saturated carbocycles. The monoisotopic (exact) mass is 206 g/mol. The van der Waals surface area contributed by atoms with Gasteiger partial charge in [-0.1, -0.05) is 0 Å². The van der Waals surface area contributed by atoms with E-state index >= 15 is 0 Å². The number of esters is 1. The average Bonchev–Trinajstić information content (AvgIpc) is 2.15. The van der Waals surface area contributed by atoms with Gasteiger partial charge < -0.3 is 16.6 Å². The molecule has 0 N–H and O–H groups in total. The molecule has 0 aromatic carbocycles. The predicted octanol–water partition coefficient (Wildman–Crippen LogP) is -1.66. The quantitative estimate of drug-likeness (QED) is 0.239. The van der Waals surface area contributed by atoms with Gasteiger partial charge in [-0.15, -0.1) is 0 Å². The first-order valence-electron chi connectivity index (χ1n) is 3.47. The van der Waals surface area contributed by atoms with Crippen LogP contribution in [0, 0.1) is 23.2 Å². The van der Waals surface area contributed by atoms with Gasteiger partial charge >= 0.3 is 57.4 Å². The molecule has 0 heterocycles. The van der Waals surface area contributed by atoms with Crippen LogP contribution in [-0.4, -0.2) is 13.1 Å². The van der Waals surface area contributed by atoms with Crippen molar-refractivity contribution in [3.8, 4) is 6.07 Å². The molecule has 0 amide bonds. The molecule has 0 saturated heterocycles. The Morgan fingerprint density at radius 3 is 2.38 bits per heavy atom. The molecule has 0 aliphatic rings. The van der Waals surface area contributed by atoms with E-state index in [0.717, 1.165) is 12.8 Å². The molecular formula is C8H11KN2O2. The fourth-order valence-corrected chi connectivity index (χ4v) is 0.575. The molecule has 0 fully saturated rings. The van der Waals surface area contributed by atoms with E-state index in [1.165, 1.54) is 7.11 Å². The van der Waals surface area contributed by atoms with E-state index in [-0.39, 0.29) is 57.4 Å². The molecule has 0 rings (SSSR count). The van der Waals surface area contributed by atoms with Crippen molar-refractivity contribution in [1.29, 1.82) is 10.5 Å². The zero-order chi connectivity index (χ0) is 9.82. The summed E-state index contributed by atoms with van der Waals surface area (Å²) in [5.41, 5.74) is 0. The summed E-state index contributed by atoms with van der Waals surface area (Å²) in [5.74, 6) is -0.196. The second-order valence-corrected chi connectivity index (χ2v) is 1.94. The molecule has 0 spiro atoms. The number of nitrogens with zero attached hydrogens (tertiary/aromatic N) is 2. The second kappa shape index (κ2) is 18.0. The zero-order valence-electron chi connectivity index (χ0n) is 8.04. The van der Waals surface area contributed by atoms with E-state index in [0.29, 0.717) is 12.8 Å². The zero-order valence-corrected chi connectivity index (χ0v) is 11.2. The molecule has 0 bridgehead atoms. The van der Waals surface area contributed by atoms with E-state index in [9.17, 15) is 4.79 Å². The van der Waals surface area contributed by atoms with Crippen molar-refractivity contribution in [3.05, 3.63) is 6.57 Å². The molecule has 0 aliphatic carbocycles. The van der Waals surface area contributed by atoms with E-state index in [1.807, 2.05) is 6.07 Å². The normalized spacial score (nSPS) is 6.62. The van der Waals surface area contributed by atoms with Gasteiger partial charge in [-0.3, -0.25) is 4.79 Å². The second-order valence-electron chi connectivity index (χ2n) is 1.94. The Labute approximate surface area is 121 Å². The summed E-state index contributed by atoms with van der Waals surface area (Å²) in [4.78, 5) is 10.5. The van der Waals surface area contributed by atoms with Crippen LogP contribution in [-0.2, 0) is 9.53 Å². The Hall–Kier alpha value is 0.0864. The Morgan fingerprint density at radius 2 is 2.00 bits per heavy atom. The summed E-state index contributed by atoms with van der Waals surface area (Å²) >= 11 is 0. The first kappa shape index (κ1) is 18.8. The third kappa shape index (κ3) is 18.8. The number of carbonyl (C=O) groups is 1. The average molecular weight is 206 g/mol. The molecule has 0 atom stereocenters. The number of hydrogen-bond acceptors (Lipinski definition) is 4. The van der Waals surface area contributed by atoms with Gasteiger partial charge in [0.1, 0.15) is 0 Å². The number of carbonyl (C=O) groups excluding carboxylic acids is 1. The molecule has 0 radical (unpaired) electrons. The molecule has 4 nitrogen and oxygen atoms in total. The van der Waals surface area contributed by atoms with Gasteiger partial charge in [-0.2, -0.15) is 5.26 Å². The van der Waals surface area contributed by atoms with Crippen molar-refractivity contribution in [1.82, 2.24) is 0 Å². The van der Waals surface area contributed by atoms with Crippen LogP contribution in [0.5, 0.6) is 0 Å². The smallest absolute Gasteiger partial charge is 0.512 e. The molecule has 13 heavy (non-hydrogen) atoms. The summed E-state index contributed by atoms with van der Waals surface area (Å²) < 4.78 is 4.41. The van der Waals surface area contributed by atoms with Crippen LogP contribution in [0.1, 0.15) is 25.7 Å². The van der Waals surface area contributed by atoms with Gasteiger partial charge in [0.25, 0.3) is 0 Å². The minimum Gasteiger partial charge on any atom is -0.512 e. The largest absolute Gasteiger partial charge is 1.00 e. The maximum absolute atomic E-state index is 10.5. The number of ether oxygens (including phenoxy) is 1. The SMILES string of the molecule is COC(=O)CCCCC#N.[C-]#N.[K+]. The number of hydrogen-bond donors (Lipinski definition) is 0. The molecule has 66 valence electrons. The van der Waals surface area contributed by atoms with Crippen LogP contribution in [0.3, 0.4) is 0 Å². The number of rotatable bonds is 4. The van der Waals surface area contributed by atoms with E-state index in [2.05, 4.69) is 4.74 Å². The minimum absolute atomic E-state index is 0. The summed E-state index contributed by atoms with van der Waals surface area (Å²) in [6, 6.07) is 2.01. The van der Waals surface area contributed by atoms with Crippen LogP contribution >= 0.6 is 0 Å². The first-order chi connectivity index (χ1) is 5.81. The number of methoxy groups -OCH3 is 1. The van der Waals surface area contributed by atoms with Gasteiger partial charge in [-0.25, -0.2) is 0 Å². The van der Waals surface area contributed by atoms with Crippen molar-refractivity contribution in [2.24, 2.45) is 0 Å². The van der Waals surface area contributed by atoms with Crippen molar-refractivity contribution < 1.29 is 60.9 Å². The number of unbranched alkanes of at least 4 members (excludes halogenated alkanes) is 2. The standard InChI is InChI=1S/C7H11NO2.CN.K/c1-10-7(9)5-3-2-4-6-8;1-2;/h2-5H2,1H3;;/q;-1;+1. The van der Waals surface area contributed by atoms with E-state index in [4.69, 9.17) is 17.1 Å². The predicted molar refractivity (Wildman–Crippen MR) is 41.1 cm³/mol. The number of nitriles is 1. The Morgan fingerprint density at radius 1 is 1.46 bits per heavy atom. The van der Waals surface area contributed by atoms with Crippen molar-refractivity contribution >= 4 is 5.97 Å². The van der Waals surface area contributed by atoms with Gasteiger partial charge in [0, 0.05) is 12.8 Å². The molecule has 0 aromatic heterocycles. The minimum atomic E-state index is -0.196. The van der Waals surface area contributed by atoms with Crippen LogP contribution in [0.25, 0.3) is 0 Å². The van der Waals surface area contributed by atoms with Crippen LogP contribution in [0.4, 0.5) is 0 Å². The van der Waals surface area contributed by atoms with Gasteiger partial charge in [0.05, 0.1) is 13.2 Å². The third-order valence-corrected chi connectivity index (χ3v) is 1.15. The van der Waals surface area contributed by atoms with Gasteiger partial charge in [0.2, 0.25) is 0 Å². The van der Waals surface area contributed by atoms with Gasteiger partial charge in [0.15, 0.2) is 0 Å². The molecule has 5 heteroatoms. The molecule has 0 aliphatic heterocycles. The Kier molecular flexibility index (Phi) is 26.0. The molecular weight excluding hydrogens is 195 g/mol. The summed E-state index contributed by atoms with van der Waals surface area (Å²) in [5, 5.41) is 14.4. The van der Waals surface area contributed by atoms with E-state index in [1.54, 1.807) is 0 Å². The summed E-state index contributed by atoms with van der Waals surface area (Å²) in [7, 11) is 1.37. The first-order valence-corrected chi connectivity index (χ1v) is 3.47. The third-order valence-electron chi connectivity index (χ3n) is 1.15. The summed E-state index contributed by atoms with van der Waals surface area (Å²) in [6.07, 6.45) is 2.49. The van der Waals surface area contributed by atoms with Crippen LogP contribution in [0.15, 0.2) is 0 Å². The molecule has 0 unspecified atom stereocenters. The Balaban J connectivity index is -0.000000309. The fourth-order valence-electron chi connectivity index (χ4n) is 0.575. The maximum Gasteiger partial charge on any atom is 1.00 e. The van der Waals surface area contributed by atoms with Crippen LogP contribution < -0.4 is 51.4 Å². The van der Waals surface area contributed by atoms with Crippen molar-refractivity contribution in [2.45, 2.75) is 25.7 Å². The van der Waals surface area contributed by atoms with Crippen LogP contribution in [0.2, 0.25) is 0 Å². The maximum atomic E-state index is 10.5. The fraction of sp³-hybridized carbons (Fsp3) is 0.625. The summed E-state index contributed by atoms with van der Waals surface area (Å²) in [6.45, 7) is 4.75. The van der Waals surface area contributed by atoms with E-state index < -0.39 is 0 Å². The Bertz CT molecular complexity index is 175. The van der Waals surface area contributed by atoms with Crippen molar-refractivity contribution in [2.75, 3.05) is 7.11 Å². The topological polar surface area (TPSA) is 73.9 Å².